The molecule has 9 heteroatoms. The number of carbonyl (C=O) groups excluding carboxylic acids is 2. The molecule has 3 atom stereocenters. The summed E-state index contributed by atoms with van der Waals surface area (Å²) in [6.07, 6.45) is 8.00. The number of hydrogen-bond acceptors (Lipinski definition) is 7. The Labute approximate surface area is 214 Å². The lowest BCUT2D eigenvalue weighted by Gasteiger charge is -2.38. The summed E-state index contributed by atoms with van der Waals surface area (Å²) in [4.78, 5) is 36.7. The van der Waals surface area contributed by atoms with Gasteiger partial charge in [-0.05, 0) is 49.8 Å². The highest BCUT2D eigenvalue weighted by Gasteiger charge is 2.35. The number of amides is 2. The highest BCUT2D eigenvalue weighted by Crippen LogP contribution is 2.32. The van der Waals surface area contributed by atoms with E-state index < -0.39 is 0 Å². The molecule has 0 aromatic carbocycles. The van der Waals surface area contributed by atoms with Crippen LogP contribution in [0.5, 0.6) is 5.88 Å². The topological polar surface area (TPSA) is 95.4 Å². The Bertz CT molecular complexity index is 961. The van der Waals surface area contributed by atoms with Crippen LogP contribution in [-0.4, -0.2) is 108 Å². The second kappa shape index (κ2) is 12.2. The Morgan fingerprint density at radius 2 is 2.08 bits per heavy atom. The van der Waals surface area contributed by atoms with Crippen LogP contribution in [-0.2, 0) is 9.53 Å². The molecule has 1 aromatic rings. The van der Waals surface area contributed by atoms with E-state index in [1.165, 1.54) is 12.0 Å². The maximum absolute atomic E-state index is 13.6. The third kappa shape index (κ3) is 6.25. The summed E-state index contributed by atoms with van der Waals surface area (Å²) in [5.41, 5.74) is 2.58. The van der Waals surface area contributed by atoms with Crippen LogP contribution >= 0.6 is 0 Å². The molecule has 198 valence electrons. The number of pyridine rings is 1. The van der Waals surface area contributed by atoms with Gasteiger partial charge in [0.15, 0.2) is 0 Å². The summed E-state index contributed by atoms with van der Waals surface area (Å²) in [7, 11) is 1.80. The van der Waals surface area contributed by atoms with Gasteiger partial charge in [0.05, 0.1) is 39.0 Å². The normalized spacial score (nSPS) is 24.2. The van der Waals surface area contributed by atoms with Gasteiger partial charge in [-0.2, -0.15) is 0 Å². The van der Waals surface area contributed by atoms with Crippen molar-refractivity contribution in [3.63, 3.8) is 0 Å². The van der Waals surface area contributed by atoms with Gasteiger partial charge in [0, 0.05) is 38.8 Å². The number of ether oxygens (including phenoxy) is 2. The quantitative estimate of drug-likeness (QED) is 0.612. The first kappa shape index (κ1) is 26.6. The molecule has 36 heavy (non-hydrogen) atoms. The predicted octanol–water partition coefficient (Wildman–Crippen LogP) is 2.05. The van der Waals surface area contributed by atoms with Crippen LogP contribution in [0.3, 0.4) is 0 Å². The first-order valence-electron chi connectivity index (χ1n) is 13.2. The highest BCUT2D eigenvalue weighted by molar-refractivity contribution is 5.97. The molecule has 0 saturated carbocycles. The fourth-order valence-corrected chi connectivity index (χ4v) is 5.04. The van der Waals surface area contributed by atoms with Crippen molar-refractivity contribution < 1.29 is 24.2 Å². The van der Waals surface area contributed by atoms with Crippen molar-refractivity contribution >= 4 is 17.4 Å². The Morgan fingerprint density at radius 1 is 1.31 bits per heavy atom. The first-order valence-corrected chi connectivity index (χ1v) is 13.2. The van der Waals surface area contributed by atoms with Gasteiger partial charge in [0.25, 0.3) is 5.91 Å². The zero-order chi connectivity index (χ0) is 25.7. The van der Waals surface area contributed by atoms with Gasteiger partial charge >= 0.3 is 0 Å². The molecule has 0 unspecified atom stereocenters. The number of nitrogens with zero attached hydrogens (tertiary/aromatic N) is 4. The molecule has 0 radical (unpaired) electrons. The van der Waals surface area contributed by atoms with Crippen molar-refractivity contribution in [1.82, 2.24) is 19.7 Å². The van der Waals surface area contributed by atoms with Gasteiger partial charge in [-0.1, -0.05) is 13.0 Å². The van der Waals surface area contributed by atoms with E-state index >= 15 is 0 Å². The van der Waals surface area contributed by atoms with Gasteiger partial charge in [0.1, 0.15) is 11.7 Å². The standard InChI is InChI=1S/C27H40N4O5/c1-19-15-31(20(2)18-32)27(34)23-13-22(21-7-5-4-6-8-21)14-28-26(23)36-24(19)16-29(3)25(33)17-30-9-11-35-12-10-30/h7,13-14,19-20,24,32H,4-6,8-12,15-18H2,1-3H3/t19-,20-,24-/m1/s1. The molecule has 0 spiro atoms. The Balaban J connectivity index is 1.57. The Morgan fingerprint density at radius 3 is 2.78 bits per heavy atom. The van der Waals surface area contributed by atoms with Gasteiger partial charge in [-0.15, -0.1) is 0 Å². The molecular formula is C27H40N4O5. The lowest BCUT2D eigenvalue weighted by molar-refractivity contribution is -0.133. The summed E-state index contributed by atoms with van der Waals surface area (Å²) < 4.78 is 11.7. The van der Waals surface area contributed by atoms with Gasteiger partial charge in [-0.25, -0.2) is 4.98 Å². The van der Waals surface area contributed by atoms with Crippen LogP contribution in [0.4, 0.5) is 0 Å². The molecular weight excluding hydrogens is 460 g/mol. The number of rotatable bonds is 7. The van der Waals surface area contributed by atoms with E-state index in [9.17, 15) is 14.7 Å². The van der Waals surface area contributed by atoms with E-state index in [1.807, 2.05) is 19.9 Å². The average molecular weight is 501 g/mol. The molecule has 2 amide bonds. The van der Waals surface area contributed by atoms with Crippen molar-refractivity contribution in [2.75, 3.05) is 59.6 Å². The van der Waals surface area contributed by atoms with E-state index in [1.54, 1.807) is 23.0 Å². The SMILES string of the molecule is C[C@@H]1CN([C@H](C)CO)C(=O)c2cc(C3=CCCCC3)cnc2O[C@@H]1CN(C)C(=O)CN1CCOCC1. The van der Waals surface area contributed by atoms with Gasteiger partial charge in [-0.3, -0.25) is 14.5 Å². The second-order valence-corrected chi connectivity index (χ2v) is 10.3. The van der Waals surface area contributed by atoms with Crippen LogP contribution in [0.1, 0.15) is 55.5 Å². The molecule has 3 heterocycles. The van der Waals surface area contributed by atoms with Crippen LogP contribution < -0.4 is 4.74 Å². The number of likely N-dealkylation sites (N-methyl/N-ethyl adjacent to an activating group) is 1. The average Bonchev–Trinajstić information content (AvgIpc) is 2.91. The summed E-state index contributed by atoms with van der Waals surface area (Å²) in [5.74, 6) is 0.0664. The zero-order valence-corrected chi connectivity index (χ0v) is 21.8. The molecule has 0 bridgehead atoms. The fourth-order valence-electron chi connectivity index (χ4n) is 5.04. The smallest absolute Gasteiger partial charge is 0.259 e. The van der Waals surface area contributed by atoms with Crippen molar-refractivity contribution in [2.45, 2.75) is 51.7 Å². The largest absolute Gasteiger partial charge is 0.472 e. The minimum Gasteiger partial charge on any atom is -0.472 e. The maximum atomic E-state index is 13.6. The Hall–Kier alpha value is -2.49. The molecule has 1 N–H and O–H groups in total. The third-order valence-electron chi connectivity index (χ3n) is 7.52. The molecule has 9 nitrogen and oxygen atoms in total. The molecule has 2 aliphatic heterocycles. The number of hydrogen-bond donors (Lipinski definition) is 1. The van der Waals surface area contributed by atoms with E-state index in [-0.39, 0.29) is 36.5 Å². The highest BCUT2D eigenvalue weighted by atomic mass is 16.5. The van der Waals surface area contributed by atoms with Crippen molar-refractivity contribution in [1.29, 1.82) is 0 Å². The second-order valence-electron chi connectivity index (χ2n) is 10.3. The number of aliphatic hydroxyl groups excluding tert-OH is 1. The summed E-state index contributed by atoms with van der Waals surface area (Å²) in [6, 6.07) is 1.55. The van der Waals surface area contributed by atoms with Crippen LogP contribution in [0.25, 0.3) is 5.57 Å². The molecule has 4 rings (SSSR count). The maximum Gasteiger partial charge on any atom is 0.259 e. The fraction of sp³-hybridized carbons (Fsp3) is 0.667. The van der Waals surface area contributed by atoms with E-state index in [4.69, 9.17) is 9.47 Å². The molecule has 3 aliphatic rings. The van der Waals surface area contributed by atoms with E-state index in [0.717, 1.165) is 37.9 Å². The van der Waals surface area contributed by atoms with E-state index in [2.05, 4.69) is 16.0 Å². The summed E-state index contributed by atoms with van der Waals surface area (Å²) in [6.45, 7) is 7.68. The molecule has 1 aliphatic carbocycles. The number of aromatic nitrogens is 1. The zero-order valence-electron chi connectivity index (χ0n) is 21.8. The number of morpholine rings is 1. The molecule has 1 saturated heterocycles. The van der Waals surface area contributed by atoms with Crippen LogP contribution in [0.15, 0.2) is 18.3 Å². The van der Waals surface area contributed by atoms with Crippen LogP contribution in [0.2, 0.25) is 0 Å². The number of allylic oxidation sites excluding steroid dienone is 2. The van der Waals surface area contributed by atoms with Crippen LogP contribution in [0, 0.1) is 5.92 Å². The number of fused-ring (bicyclic) bond motifs is 1. The monoisotopic (exact) mass is 500 g/mol. The van der Waals surface area contributed by atoms with Gasteiger partial charge < -0.3 is 24.4 Å². The van der Waals surface area contributed by atoms with Crippen molar-refractivity contribution in [2.24, 2.45) is 5.92 Å². The summed E-state index contributed by atoms with van der Waals surface area (Å²) in [5, 5.41) is 9.88. The van der Waals surface area contributed by atoms with Gasteiger partial charge in [0.2, 0.25) is 11.8 Å². The predicted molar refractivity (Wildman–Crippen MR) is 137 cm³/mol. The minimum atomic E-state index is -0.351. The lowest BCUT2D eigenvalue weighted by atomic mass is 9.93. The lowest BCUT2D eigenvalue weighted by Crippen LogP contribution is -2.51. The number of carbonyl (C=O) groups is 2. The van der Waals surface area contributed by atoms with E-state index in [0.29, 0.717) is 44.3 Å². The molecule has 1 fully saturated rings. The number of aliphatic hydroxyl groups is 1. The summed E-state index contributed by atoms with van der Waals surface area (Å²) >= 11 is 0. The Kier molecular flexibility index (Phi) is 8.98. The minimum absolute atomic E-state index is 0.0270. The van der Waals surface area contributed by atoms with Crippen molar-refractivity contribution in [3.05, 3.63) is 29.5 Å². The first-order chi connectivity index (χ1) is 17.4. The van der Waals surface area contributed by atoms with Crippen molar-refractivity contribution in [3.8, 4) is 5.88 Å². The third-order valence-corrected chi connectivity index (χ3v) is 7.52. The molecule has 1 aromatic heterocycles.